The molecule has 0 aliphatic heterocycles. The van der Waals surface area contributed by atoms with Crippen LogP contribution in [-0.2, 0) is 5.88 Å². The maximum Gasteiger partial charge on any atom is 0.164 e. The lowest BCUT2D eigenvalue weighted by molar-refractivity contribution is 0.0989. The Labute approximate surface area is 94.0 Å². The first kappa shape index (κ1) is 11.5. The van der Waals surface area contributed by atoms with Crippen molar-refractivity contribution < 1.29 is 4.79 Å². The van der Waals surface area contributed by atoms with E-state index in [1.54, 1.807) is 0 Å². The molecule has 0 heterocycles. The van der Waals surface area contributed by atoms with Gasteiger partial charge in [-0.15, -0.1) is 23.2 Å². The van der Waals surface area contributed by atoms with Crippen LogP contribution in [0.2, 0.25) is 0 Å². The van der Waals surface area contributed by atoms with Gasteiger partial charge < -0.3 is 0 Å². The summed E-state index contributed by atoms with van der Waals surface area (Å²) in [5.41, 5.74) is 2.74. The van der Waals surface area contributed by atoms with Crippen LogP contribution in [0.1, 0.15) is 27.9 Å². The fraction of sp³-hybridized carbons (Fsp3) is 0.364. The molecule has 0 N–H and O–H groups in total. The maximum absolute atomic E-state index is 11.5. The lowest BCUT2D eigenvalue weighted by atomic mass is 10.0. The molecule has 0 unspecified atom stereocenters. The van der Waals surface area contributed by atoms with Crippen LogP contribution in [0.3, 0.4) is 0 Å². The molecule has 0 saturated heterocycles. The molecule has 1 aromatic rings. The van der Waals surface area contributed by atoms with Gasteiger partial charge in [0.15, 0.2) is 5.78 Å². The summed E-state index contributed by atoms with van der Waals surface area (Å²) in [6, 6.07) is 5.67. The van der Waals surface area contributed by atoms with E-state index in [1.165, 1.54) is 0 Å². The van der Waals surface area contributed by atoms with Gasteiger partial charge in [-0.1, -0.05) is 11.6 Å². The van der Waals surface area contributed by atoms with Crippen molar-refractivity contribution in [3.63, 3.8) is 0 Å². The number of rotatable bonds is 4. The quantitative estimate of drug-likeness (QED) is 0.572. The first-order valence-electron chi connectivity index (χ1n) is 4.43. The van der Waals surface area contributed by atoms with Crippen molar-refractivity contribution >= 4 is 29.0 Å². The second-order valence-corrected chi connectivity index (χ2v) is 3.85. The van der Waals surface area contributed by atoms with Crippen LogP contribution in [0.25, 0.3) is 0 Å². The molecule has 0 aliphatic rings. The minimum atomic E-state index is 0.0788. The maximum atomic E-state index is 11.5. The summed E-state index contributed by atoms with van der Waals surface area (Å²) in [4.78, 5) is 11.5. The highest BCUT2D eigenvalue weighted by molar-refractivity contribution is 6.19. The van der Waals surface area contributed by atoms with Gasteiger partial charge in [0.05, 0.1) is 0 Å². The van der Waals surface area contributed by atoms with Gasteiger partial charge >= 0.3 is 0 Å². The number of ketones is 1. The Morgan fingerprint density at radius 1 is 1.29 bits per heavy atom. The fourth-order valence-corrected chi connectivity index (χ4v) is 1.66. The van der Waals surface area contributed by atoms with Crippen molar-refractivity contribution in [1.82, 2.24) is 0 Å². The molecule has 0 spiro atoms. The number of Topliss-reactive ketones (excluding diaryl/α,β-unsaturated/α-hetero) is 1. The van der Waals surface area contributed by atoms with Gasteiger partial charge in [-0.25, -0.2) is 0 Å². The molecule has 0 fully saturated rings. The van der Waals surface area contributed by atoms with Crippen LogP contribution in [0, 0.1) is 6.92 Å². The molecule has 0 bridgehead atoms. The number of aryl methyl sites for hydroxylation is 1. The Balaban J connectivity index is 2.96. The summed E-state index contributed by atoms with van der Waals surface area (Å²) < 4.78 is 0. The van der Waals surface area contributed by atoms with Crippen LogP contribution < -0.4 is 0 Å². The minimum Gasteiger partial charge on any atom is -0.294 e. The molecule has 0 saturated carbocycles. The van der Waals surface area contributed by atoms with Crippen LogP contribution in [-0.4, -0.2) is 11.7 Å². The highest BCUT2D eigenvalue weighted by Crippen LogP contribution is 2.13. The van der Waals surface area contributed by atoms with Gasteiger partial charge in [0.1, 0.15) is 0 Å². The second kappa shape index (κ2) is 5.38. The van der Waals surface area contributed by atoms with E-state index < -0.39 is 0 Å². The largest absolute Gasteiger partial charge is 0.294 e. The van der Waals surface area contributed by atoms with Gasteiger partial charge in [-0.2, -0.15) is 0 Å². The molecular weight excluding hydrogens is 219 g/mol. The summed E-state index contributed by atoms with van der Waals surface area (Å²) >= 11 is 11.2. The molecule has 0 aromatic heterocycles. The van der Waals surface area contributed by atoms with E-state index in [1.807, 2.05) is 25.1 Å². The normalized spacial score (nSPS) is 10.2. The Morgan fingerprint density at radius 2 is 2.00 bits per heavy atom. The molecule has 1 nitrogen and oxygen atoms in total. The number of hydrogen-bond donors (Lipinski definition) is 0. The van der Waals surface area contributed by atoms with Crippen LogP contribution in [0.4, 0.5) is 0 Å². The highest BCUT2D eigenvalue weighted by Gasteiger charge is 2.06. The van der Waals surface area contributed by atoms with E-state index in [2.05, 4.69) is 0 Å². The number of carbonyl (C=O) groups excluding carboxylic acids is 1. The summed E-state index contributed by atoms with van der Waals surface area (Å²) in [7, 11) is 0. The second-order valence-electron chi connectivity index (χ2n) is 3.20. The molecule has 0 amide bonds. The van der Waals surface area contributed by atoms with Gasteiger partial charge in [-0.05, 0) is 24.6 Å². The van der Waals surface area contributed by atoms with E-state index in [0.717, 1.165) is 11.1 Å². The summed E-state index contributed by atoms with van der Waals surface area (Å²) in [6.07, 6.45) is 0.382. The van der Waals surface area contributed by atoms with E-state index in [4.69, 9.17) is 23.2 Å². The summed E-state index contributed by atoms with van der Waals surface area (Å²) in [6.45, 7) is 1.95. The lowest BCUT2D eigenvalue weighted by Crippen LogP contribution is -2.01. The third-order valence-corrected chi connectivity index (χ3v) is 2.43. The van der Waals surface area contributed by atoms with Crippen LogP contribution in [0.15, 0.2) is 18.2 Å². The van der Waals surface area contributed by atoms with Crippen LogP contribution >= 0.6 is 23.2 Å². The Morgan fingerprint density at radius 3 is 2.57 bits per heavy atom. The zero-order valence-corrected chi connectivity index (χ0v) is 9.53. The van der Waals surface area contributed by atoms with E-state index in [-0.39, 0.29) is 5.78 Å². The van der Waals surface area contributed by atoms with Crippen LogP contribution in [0.5, 0.6) is 0 Å². The zero-order chi connectivity index (χ0) is 10.6. The number of benzene rings is 1. The highest BCUT2D eigenvalue weighted by atomic mass is 35.5. The number of carbonyl (C=O) groups is 1. The Bertz CT molecular complexity index is 334. The van der Waals surface area contributed by atoms with Crippen molar-refractivity contribution in [3.05, 3.63) is 34.9 Å². The summed E-state index contributed by atoms with van der Waals surface area (Å²) in [5.74, 6) is 0.876. The average molecular weight is 231 g/mol. The number of hydrogen-bond acceptors (Lipinski definition) is 1. The molecular formula is C11H12Cl2O. The SMILES string of the molecule is Cc1cc(CCl)cc(C(=O)CCCl)c1. The number of halogens is 2. The topological polar surface area (TPSA) is 17.1 Å². The first-order chi connectivity index (χ1) is 6.67. The van der Waals surface area contributed by atoms with Crippen molar-refractivity contribution in [2.45, 2.75) is 19.2 Å². The van der Waals surface area contributed by atoms with E-state index in [0.29, 0.717) is 23.7 Å². The third kappa shape index (κ3) is 3.00. The first-order valence-corrected chi connectivity index (χ1v) is 5.50. The molecule has 1 aromatic carbocycles. The molecule has 14 heavy (non-hydrogen) atoms. The van der Waals surface area contributed by atoms with Crippen molar-refractivity contribution in [3.8, 4) is 0 Å². The van der Waals surface area contributed by atoms with Gasteiger partial charge in [-0.3, -0.25) is 4.79 Å². The van der Waals surface area contributed by atoms with E-state index in [9.17, 15) is 4.79 Å². The molecule has 0 atom stereocenters. The third-order valence-electron chi connectivity index (χ3n) is 1.93. The van der Waals surface area contributed by atoms with Crippen molar-refractivity contribution in [1.29, 1.82) is 0 Å². The minimum absolute atomic E-state index is 0.0788. The Kier molecular flexibility index (Phi) is 4.43. The van der Waals surface area contributed by atoms with Gasteiger partial charge in [0.25, 0.3) is 0 Å². The standard InChI is InChI=1S/C11H12Cl2O/c1-8-4-9(7-13)6-10(5-8)11(14)2-3-12/h4-6H,2-3,7H2,1H3. The smallest absolute Gasteiger partial charge is 0.164 e. The molecule has 1 rings (SSSR count). The van der Waals surface area contributed by atoms with Crippen molar-refractivity contribution in [2.24, 2.45) is 0 Å². The van der Waals surface area contributed by atoms with Crippen molar-refractivity contribution in [2.75, 3.05) is 5.88 Å². The van der Waals surface area contributed by atoms with E-state index >= 15 is 0 Å². The molecule has 0 radical (unpaired) electrons. The molecule has 3 heteroatoms. The predicted molar refractivity (Wildman–Crippen MR) is 60.4 cm³/mol. The predicted octanol–water partition coefficient (Wildman–Crippen LogP) is 3.55. The zero-order valence-electron chi connectivity index (χ0n) is 8.02. The molecule has 76 valence electrons. The number of alkyl halides is 2. The average Bonchev–Trinajstić information content (AvgIpc) is 2.17. The van der Waals surface area contributed by atoms with Gasteiger partial charge in [0, 0.05) is 23.7 Å². The lowest BCUT2D eigenvalue weighted by Gasteiger charge is -2.03. The monoisotopic (exact) mass is 230 g/mol. The summed E-state index contributed by atoms with van der Waals surface area (Å²) in [5, 5.41) is 0. The Hall–Kier alpha value is -0.530. The molecule has 0 aliphatic carbocycles. The fourth-order valence-electron chi connectivity index (χ4n) is 1.33. The van der Waals surface area contributed by atoms with Gasteiger partial charge in [0.2, 0.25) is 0 Å².